The Kier molecular flexibility index (Phi) is 2.78. The number of para-hydroxylation sites is 1. The number of nitrogens with zero attached hydrogens (tertiary/aromatic N) is 2. The van der Waals surface area contributed by atoms with Crippen LogP contribution in [0.3, 0.4) is 0 Å². The number of hydrogen-bond donors (Lipinski definition) is 0. The second-order valence-corrected chi connectivity index (χ2v) is 3.81. The minimum absolute atomic E-state index is 0.723. The van der Waals surface area contributed by atoms with Crippen molar-refractivity contribution in [1.29, 1.82) is 0 Å². The van der Waals surface area contributed by atoms with Gasteiger partial charge in [-0.3, -0.25) is 0 Å². The Bertz CT molecular complexity index is 460. The van der Waals surface area contributed by atoms with Gasteiger partial charge in [-0.2, -0.15) is 5.10 Å². The van der Waals surface area contributed by atoms with Gasteiger partial charge in [0.05, 0.1) is 11.4 Å². The minimum Gasteiger partial charge on any atom is -0.222 e. The Morgan fingerprint density at radius 2 is 1.93 bits per heavy atom. The highest BCUT2D eigenvalue weighted by Crippen LogP contribution is 2.23. The summed E-state index contributed by atoms with van der Waals surface area (Å²) in [5, 5.41) is 5.16. The van der Waals surface area contributed by atoms with Crippen molar-refractivity contribution >= 4 is 11.6 Å². The molecule has 2 rings (SSSR count). The molecule has 0 aliphatic carbocycles. The molecule has 0 unspecified atom stereocenters. The van der Waals surface area contributed by atoms with E-state index in [0.29, 0.717) is 0 Å². The van der Waals surface area contributed by atoms with Gasteiger partial charge in [-0.15, -0.1) is 0 Å². The quantitative estimate of drug-likeness (QED) is 0.759. The van der Waals surface area contributed by atoms with Crippen molar-refractivity contribution in [1.82, 2.24) is 9.78 Å². The molecule has 1 aromatic heterocycles. The topological polar surface area (TPSA) is 17.8 Å². The highest BCUT2D eigenvalue weighted by atomic mass is 35.5. The zero-order valence-electron chi connectivity index (χ0n) is 8.87. The number of benzene rings is 1. The summed E-state index contributed by atoms with van der Waals surface area (Å²) in [6.07, 6.45) is 0.914. The van der Waals surface area contributed by atoms with Crippen LogP contribution in [0.4, 0.5) is 0 Å². The standard InChI is InChI=1S/C12H13ClN2/c1-3-11-9(2)14-15(12(11)13)10-7-5-4-6-8-10/h4-8H,3H2,1-2H3. The molecule has 0 N–H and O–H groups in total. The Balaban J connectivity index is 2.55. The fraction of sp³-hybridized carbons (Fsp3) is 0.250. The van der Waals surface area contributed by atoms with Crippen LogP contribution in [0.2, 0.25) is 5.15 Å². The first kappa shape index (κ1) is 10.2. The zero-order valence-corrected chi connectivity index (χ0v) is 9.62. The van der Waals surface area contributed by atoms with E-state index in [4.69, 9.17) is 11.6 Å². The smallest absolute Gasteiger partial charge is 0.136 e. The van der Waals surface area contributed by atoms with Crippen molar-refractivity contribution in [2.75, 3.05) is 0 Å². The van der Waals surface area contributed by atoms with Crippen molar-refractivity contribution in [2.24, 2.45) is 0 Å². The van der Waals surface area contributed by atoms with Crippen LogP contribution >= 0.6 is 11.6 Å². The fourth-order valence-electron chi connectivity index (χ4n) is 1.67. The lowest BCUT2D eigenvalue weighted by Crippen LogP contribution is -1.95. The van der Waals surface area contributed by atoms with E-state index in [-0.39, 0.29) is 0 Å². The lowest BCUT2D eigenvalue weighted by atomic mass is 10.2. The van der Waals surface area contributed by atoms with Gasteiger partial charge in [0.15, 0.2) is 0 Å². The van der Waals surface area contributed by atoms with Crippen LogP contribution < -0.4 is 0 Å². The van der Waals surface area contributed by atoms with Crippen molar-refractivity contribution in [3.05, 3.63) is 46.7 Å². The molecule has 0 bridgehead atoms. The summed E-state index contributed by atoms with van der Waals surface area (Å²) in [6, 6.07) is 9.94. The normalized spacial score (nSPS) is 10.6. The molecule has 15 heavy (non-hydrogen) atoms. The maximum absolute atomic E-state index is 6.26. The molecule has 0 aliphatic heterocycles. The molecule has 0 aliphatic rings. The second kappa shape index (κ2) is 4.07. The Morgan fingerprint density at radius 3 is 2.47 bits per heavy atom. The average Bonchev–Trinajstić information content (AvgIpc) is 2.55. The first-order valence-electron chi connectivity index (χ1n) is 5.03. The van der Waals surface area contributed by atoms with Gasteiger partial charge in [-0.25, -0.2) is 4.68 Å². The summed E-state index contributed by atoms with van der Waals surface area (Å²) in [4.78, 5) is 0. The molecule has 0 saturated heterocycles. The first-order valence-corrected chi connectivity index (χ1v) is 5.41. The third kappa shape index (κ3) is 1.77. The van der Waals surface area contributed by atoms with Crippen molar-refractivity contribution in [2.45, 2.75) is 20.3 Å². The van der Waals surface area contributed by atoms with Gasteiger partial charge >= 0.3 is 0 Å². The minimum atomic E-state index is 0.723. The molecule has 0 spiro atoms. The lowest BCUT2D eigenvalue weighted by Gasteiger charge is -2.02. The van der Waals surface area contributed by atoms with Crippen molar-refractivity contribution < 1.29 is 0 Å². The van der Waals surface area contributed by atoms with Crippen molar-refractivity contribution in [3.8, 4) is 5.69 Å². The third-order valence-corrected chi connectivity index (χ3v) is 2.86. The van der Waals surface area contributed by atoms with Gasteiger partial charge in [0.2, 0.25) is 0 Å². The number of aromatic nitrogens is 2. The van der Waals surface area contributed by atoms with E-state index in [1.54, 1.807) is 4.68 Å². The second-order valence-electron chi connectivity index (χ2n) is 3.46. The van der Waals surface area contributed by atoms with Crippen LogP contribution in [0.1, 0.15) is 18.2 Å². The van der Waals surface area contributed by atoms with Crippen LogP contribution in [0, 0.1) is 6.92 Å². The van der Waals surface area contributed by atoms with Crippen LogP contribution in [-0.4, -0.2) is 9.78 Å². The molecule has 0 amide bonds. The Labute approximate surface area is 94.5 Å². The first-order chi connectivity index (χ1) is 7.24. The largest absolute Gasteiger partial charge is 0.222 e. The summed E-state index contributed by atoms with van der Waals surface area (Å²) in [6.45, 7) is 4.08. The molecule has 2 aromatic rings. The Hall–Kier alpha value is -1.28. The van der Waals surface area contributed by atoms with Crippen LogP contribution in [0.5, 0.6) is 0 Å². The molecule has 0 saturated carbocycles. The summed E-state index contributed by atoms with van der Waals surface area (Å²) >= 11 is 6.26. The molecule has 0 atom stereocenters. The SMILES string of the molecule is CCc1c(C)nn(-c2ccccc2)c1Cl. The molecular weight excluding hydrogens is 208 g/mol. The van der Waals surface area contributed by atoms with Gasteiger partial charge in [0.1, 0.15) is 5.15 Å². The van der Waals surface area contributed by atoms with E-state index in [2.05, 4.69) is 12.0 Å². The predicted molar refractivity (Wildman–Crippen MR) is 62.7 cm³/mol. The van der Waals surface area contributed by atoms with E-state index in [0.717, 1.165) is 28.5 Å². The fourth-order valence-corrected chi connectivity index (χ4v) is 2.08. The molecule has 78 valence electrons. The van der Waals surface area contributed by atoms with Crippen molar-refractivity contribution in [3.63, 3.8) is 0 Å². The highest BCUT2D eigenvalue weighted by Gasteiger charge is 2.12. The average molecular weight is 221 g/mol. The van der Waals surface area contributed by atoms with Crippen LogP contribution in [0.25, 0.3) is 5.69 Å². The van der Waals surface area contributed by atoms with Gasteiger partial charge in [-0.1, -0.05) is 36.7 Å². The summed E-state index contributed by atoms with van der Waals surface area (Å²) < 4.78 is 1.79. The van der Waals surface area contributed by atoms with Gasteiger partial charge in [-0.05, 0) is 25.5 Å². The van der Waals surface area contributed by atoms with E-state index < -0.39 is 0 Å². The number of hydrogen-bond acceptors (Lipinski definition) is 1. The summed E-state index contributed by atoms with van der Waals surface area (Å²) in [7, 11) is 0. The van der Waals surface area contributed by atoms with E-state index in [1.807, 2.05) is 37.3 Å². The Morgan fingerprint density at radius 1 is 1.27 bits per heavy atom. The van der Waals surface area contributed by atoms with Crippen LogP contribution in [0.15, 0.2) is 30.3 Å². The molecule has 0 radical (unpaired) electrons. The molecule has 3 heteroatoms. The maximum atomic E-state index is 6.26. The van der Waals surface area contributed by atoms with E-state index in [9.17, 15) is 0 Å². The molecule has 2 nitrogen and oxygen atoms in total. The van der Waals surface area contributed by atoms with Gasteiger partial charge in [0, 0.05) is 5.56 Å². The van der Waals surface area contributed by atoms with Gasteiger partial charge in [0.25, 0.3) is 0 Å². The molecule has 1 heterocycles. The highest BCUT2D eigenvalue weighted by molar-refractivity contribution is 6.30. The summed E-state index contributed by atoms with van der Waals surface area (Å²) in [5.74, 6) is 0. The maximum Gasteiger partial charge on any atom is 0.136 e. The predicted octanol–water partition coefficient (Wildman–Crippen LogP) is 3.40. The van der Waals surface area contributed by atoms with Crippen LogP contribution in [-0.2, 0) is 6.42 Å². The number of aryl methyl sites for hydroxylation is 1. The van der Waals surface area contributed by atoms with E-state index >= 15 is 0 Å². The lowest BCUT2D eigenvalue weighted by molar-refractivity contribution is 0.863. The molecular formula is C12H13ClN2. The van der Waals surface area contributed by atoms with E-state index in [1.165, 1.54) is 0 Å². The third-order valence-electron chi connectivity index (χ3n) is 2.48. The number of halogens is 1. The summed E-state index contributed by atoms with van der Waals surface area (Å²) in [5.41, 5.74) is 3.14. The monoisotopic (exact) mass is 220 g/mol. The zero-order chi connectivity index (χ0) is 10.8. The molecule has 0 fully saturated rings. The van der Waals surface area contributed by atoms with Gasteiger partial charge < -0.3 is 0 Å². The molecule has 1 aromatic carbocycles. The number of rotatable bonds is 2.